The first-order valence-corrected chi connectivity index (χ1v) is 11.9. The van der Waals surface area contributed by atoms with Crippen molar-refractivity contribution in [2.75, 3.05) is 28.4 Å². The SMILES string of the molecule is COC(=O)C1(C(=O)OC)CC2=C3CC(C(=O)OC)(C(=O)OC)C[C@@H]3C(C)(C)/C(=C/C(C)(C)C)[C@@H]2C1. The van der Waals surface area contributed by atoms with Crippen LogP contribution in [0.5, 0.6) is 0 Å². The molecule has 2 fully saturated rings. The largest absolute Gasteiger partial charge is 0.468 e. The summed E-state index contributed by atoms with van der Waals surface area (Å²) < 4.78 is 20.3. The van der Waals surface area contributed by atoms with Crippen LogP contribution in [0, 0.1) is 33.5 Å². The molecule has 0 saturated heterocycles. The molecule has 2 saturated carbocycles. The number of carbonyl (C=O) groups excluding carboxylic acids is 4. The third-order valence-electron chi connectivity index (χ3n) is 8.23. The zero-order valence-electron chi connectivity index (χ0n) is 22.3. The van der Waals surface area contributed by atoms with E-state index in [1.165, 1.54) is 28.4 Å². The molecule has 8 heteroatoms. The maximum atomic E-state index is 13.0. The quantitative estimate of drug-likeness (QED) is 0.254. The Morgan fingerprint density at radius 3 is 1.54 bits per heavy atom. The zero-order valence-corrected chi connectivity index (χ0v) is 22.3. The summed E-state index contributed by atoms with van der Waals surface area (Å²) in [6, 6.07) is 0. The van der Waals surface area contributed by atoms with Gasteiger partial charge >= 0.3 is 23.9 Å². The standard InChI is InChI=1S/C27H38O8/c1-24(2,3)13-18-16-11-26(20(28)32-6,21(29)33-7)10-15(16)17-12-27(22(30)34-8,23(31)35-9)14-19(17)25(18,4)5/h13,16,19H,10-12,14H2,1-9H3/b18-13+/t16-,19+/m1/s1. The summed E-state index contributed by atoms with van der Waals surface area (Å²) in [7, 11) is 5.06. The van der Waals surface area contributed by atoms with Crippen LogP contribution in [0.25, 0.3) is 0 Å². The fraction of sp³-hybridized carbons (Fsp3) is 0.704. The van der Waals surface area contributed by atoms with Crippen molar-refractivity contribution in [2.24, 2.45) is 33.5 Å². The van der Waals surface area contributed by atoms with Crippen molar-refractivity contribution in [3.05, 3.63) is 22.8 Å². The number of esters is 4. The van der Waals surface area contributed by atoms with Crippen LogP contribution < -0.4 is 0 Å². The molecule has 2 atom stereocenters. The Morgan fingerprint density at radius 2 is 1.14 bits per heavy atom. The zero-order chi connectivity index (χ0) is 26.6. The van der Waals surface area contributed by atoms with E-state index in [0.29, 0.717) is 0 Å². The molecule has 3 aliphatic rings. The van der Waals surface area contributed by atoms with Gasteiger partial charge in [0.25, 0.3) is 0 Å². The molecule has 35 heavy (non-hydrogen) atoms. The highest BCUT2D eigenvalue weighted by Crippen LogP contribution is 2.66. The molecule has 0 radical (unpaired) electrons. The fourth-order valence-corrected chi connectivity index (χ4v) is 6.62. The fourth-order valence-electron chi connectivity index (χ4n) is 6.62. The summed E-state index contributed by atoms with van der Waals surface area (Å²) in [5.74, 6) is -2.94. The summed E-state index contributed by atoms with van der Waals surface area (Å²) in [4.78, 5) is 52.1. The van der Waals surface area contributed by atoms with Crippen LogP contribution >= 0.6 is 0 Å². The molecule has 0 bridgehead atoms. The second kappa shape index (κ2) is 8.79. The Balaban J connectivity index is 2.32. The molecule has 0 unspecified atom stereocenters. The number of carbonyl (C=O) groups is 4. The first-order chi connectivity index (χ1) is 16.1. The van der Waals surface area contributed by atoms with Crippen LogP contribution in [0.2, 0.25) is 0 Å². The van der Waals surface area contributed by atoms with E-state index >= 15 is 0 Å². The van der Waals surface area contributed by atoms with E-state index in [4.69, 9.17) is 18.9 Å². The monoisotopic (exact) mass is 490 g/mol. The van der Waals surface area contributed by atoms with Crippen LogP contribution in [0.4, 0.5) is 0 Å². The third-order valence-corrected chi connectivity index (χ3v) is 8.23. The average molecular weight is 491 g/mol. The van der Waals surface area contributed by atoms with Crippen molar-refractivity contribution in [2.45, 2.75) is 60.3 Å². The highest BCUT2D eigenvalue weighted by molar-refractivity contribution is 6.02. The van der Waals surface area contributed by atoms with Crippen LogP contribution in [0.15, 0.2) is 22.8 Å². The van der Waals surface area contributed by atoms with Gasteiger partial charge in [0.05, 0.1) is 28.4 Å². The molecule has 0 aromatic heterocycles. The molecular weight excluding hydrogens is 452 g/mol. The lowest BCUT2D eigenvalue weighted by Gasteiger charge is -2.45. The van der Waals surface area contributed by atoms with Crippen molar-refractivity contribution in [3.63, 3.8) is 0 Å². The number of rotatable bonds is 4. The third kappa shape index (κ3) is 3.99. The lowest BCUT2D eigenvalue weighted by molar-refractivity contribution is -0.170. The highest BCUT2D eigenvalue weighted by Gasteiger charge is 2.65. The van der Waals surface area contributed by atoms with Crippen LogP contribution in [-0.4, -0.2) is 52.3 Å². The first-order valence-electron chi connectivity index (χ1n) is 11.9. The van der Waals surface area contributed by atoms with Gasteiger partial charge in [-0.05, 0) is 42.4 Å². The Morgan fingerprint density at radius 1 is 0.743 bits per heavy atom. The summed E-state index contributed by atoms with van der Waals surface area (Å²) in [6.07, 6.45) is 2.91. The van der Waals surface area contributed by atoms with E-state index in [2.05, 4.69) is 40.7 Å². The Hall–Kier alpha value is -2.64. The molecule has 0 N–H and O–H groups in total. The Kier molecular flexibility index (Phi) is 6.77. The molecule has 0 heterocycles. The van der Waals surface area contributed by atoms with Gasteiger partial charge in [-0.1, -0.05) is 57.4 Å². The molecule has 0 amide bonds. The van der Waals surface area contributed by atoms with Gasteiger partial charge in [0.1, 0.15) is 0 Å². The van der Waals surface area contributed by atoms with Gasteiger partial charge in [0, 0.05) is 5.92 Å². The first kappa shape index (κ1) is 27.0. The minimum Gasteiger partial charge on any atom is -0.468 e. The predicted octanol–water partition coefficient (Wildman–Crippen LogP) is 3.78. The van der Waals surface area contributed by atoms with E-state index in [-0.39, 0.29) is 42.9 Å². The van der Waals surface area contributed by atoms with E-state index in [9.17, 15) is 19.2 Å². The molecule has 8 nitrogen and oxygen atoms in total. The van der Waals surface area contributed by atoms with Gasteiger partial charge < -0.3 is 18.9 Å². The van der Waals surface area contributed by atoms with Crippen LogP contribution in [0.3, 0.4) is 0 Å². The number of hydrogen-bond acceptors (Lipinski definition) is 8. The molecule has 194 valence electrons. The summed E-state index contributed by atoms with van der Waals surface area (Å²) in [5, 5.41) is 0. The second-order valence-corrected chi connectivity index (χ2v) is 11.7. The molecular formula is C27H38O8. The summed E-state index contributed by atoms with van der Waals surface area (Å²) >= 11 is 0. The number of allylic oxidation sites excluding steroid dienone is 4. The number of methoxy groups -OCH3 is 4. The Bertz CT molecular complexity index is 975. The molecule has 0 aromatic rings. The van der Waals surface area contributed by atoms with E-state index in [1.54, 1.807) is 0 Å². The van der Waals surface area contributed by atoms with Gasteiger partial charge in [0.2, 0.25) is 0 Å². The maximum absolute atomic E-state index is 13.0. The van der Waals surface area contributed by atoms with Gasteiger partial charge in [-0.3, -0.25) is 19.2 Å². The van der Waals surface area contributed by atoms with E-state index < -0.39 is 40.1 Å². The number of ether oxygens (including phenoxy) is 4. The molecule has 3 rings (SSSR count). The summed E-state index contributed by atoms with van der Waals surface area (Å²) in [5.41, 5.74) is -0.668. The average Bonchev–Trinajstić information content (AvgIpc) is 3.41. The number of fused-ring (bicyclic) bond motifs is 2. The minimum absolute atomic E-state index is 0.124. The number of hydrogen-bond donors (Lipinski definition) is 0. The van der Waals surface area contributed by atoms with Crippen LogP contribution in [0.1, 0.15) is 60.3 Å². The van der Waals surface area contributed by atoms with E-state index in [1.807, 2.05) is 0 Å². The van der Waals surface area contributed by atoms with Crippen LogP contribution in [-0.2, 0) is 38.1 Å². The highest BCUT2D eigenvalue weighted by atomic mass is 16.6. The Labute approximate surface area is 207 Å². The van der Waals surface area contributed by atoms with Gasteiger partial charge in [-0.2, -0.15) is 0 Å². The smallest absolute Gasteiger partial charge is 0.323 e. The molecule has 0 aliphatic heterocycles. The molecule has 0 aromatic carbocycles. The van der Waals surface area contributed by atoms with E-state index in [0.717, 1.165) is 16.7 Å². The van der Waals surface area contributed by atoms with Crippen molar-refractivity contribution >= 4 is 23.9 Å². The minimum atomic E-state index is -1.49. The van der Waals surface area contributed by atoms with Crippen molar-refractivity contribution in [3.8, 4) is 0 Å². The predicted molar refractivity (Wildman–Crippen MR) is 127 cm³/mol. The van der Waals surface area contributed by atoms with Gasteiger partial charge in [-0.15, -0.1) is 0 Å². The normalized spacial score (nSPS) is 27.1. The second-order valence-electron chi connectivity index (χ2n) is 11.7. The topological polar surface area (TPSA) is 105 Å². The van der Waals surface area contributed by atoms with Crippen molar-refractivity contribution in [1.82, 2.24) is 0 Å². The lowest BCUT2D eigenvalue weighted by atomic mass is 9.59. The van der Waals surface area contributed by atoms with Gasteiger partial charge in [-0.25, -0.2) is 0 Å². The van der Waals surface area contributed by atoms with Crippen molar-refractivity contribution < 1.29 is 38.1 Å². The van der Waals surface area contributed by atoms with Gasteiger partial charge in [0.15, 0.2) is 10.8 Å². The molecule has 0 spiro atoms. The molecule has 3 aliphatic carbocycles. The lowest BCUT2D eigenvalue weighted by Crippen LogP contribution is -2.41. The summed E-state index contributed by atoms with van der Waals surface area (Å²) in [6.45, 7) is 10.5. The van der Waals surface area contributed by atoms with Crippen molar-refractivity contribution in [1.29, 1.82) is 0 Å². The maximum Gasteiger partial charge on any atom is 0.323 e.